The van der Waals surface area contributed by atoms with E-state index in [1.807, 2.05) is 19.1 Å². The summed E-state index contributed by atoms with van der Waals surface area (Å²) in [5.74, 6) is 2.64. The van der Waals surface area contributed by atoms with Crippen molar-refractivity contribution in [2.45, 2.75) is 33.4 Å². The Kier molecular flexibility index (Phi) is 6.55. The summed E-state index contributed by atoms with van der Waals surface area (Å²) < 4.78 is 0. The molecule has 1 aromatic carbocycles. The molecule has 0 saturated heterocycles. The lowest BCUT2D eigenvalue weighted by molar-refractivity contribution is 0.425. The zero-order valence-electron chi connectivity index (χ0n) is 15.5. The first-order valence-corrected chi connectivity index (χ1v) is 8.50. The first-order valence-electron chi connectivity index (χ1n) is 8.50. The van der Waals surface area contributed by atoms with E-state index in [0.29, 0.717) is 6.04 Å². The first kappa shape index (κ1) is 18.2. The van der Waals surface area contributed by atoms with Crippen molar-refractivity contribution in [2.24, 2.45) is 0 Å². The van der Waals surface area contributed by atoms with Crippen molar-refractivity contribution in [3.05, 3.63) is 47.8 Å². The highest BCUT2D eigenvalue weighted by molar-refractivity contribution is 5.50. The molecule has 24 heavy (non-hydrogen) atoms. The average Bonchev–Trinajstić information content (AvgIpc) is 2.52. The molecule has 0 unspecified atom stereocenters. The molecule has 0 saturated carbocycles. The monoisotopic (exact) mass is 327 g/mol. The van der Waals surface area contributed by atoms with Crippen molar-refractivity contribution in [1.82, 2.24) is 14.9 Å². The van der Waals surface area contributed by atoms with E-state index in [4.69, 9.17) is 0 Å². The van der Waals surface area contributed by atoms with Crippen LogP contribution in [-0.2, 0) is 6.54 Å². The molecule has 5 heteroatoms. The minimum Gasteiger partial charge on any atom is -0.369 e. The van der Waals surface area contributed by atoms with E-state index in [-0.39, 0.29) is 0 Å². The molecule has 2 rings (SSSR count). The van der Waals surface area contributed by atoms with Crippen LogP contribution in [0.25, 0.3) is 0 Å². The molecule has 0 bridgehead atoms. The van der Waals surface area contributed by atoms with E-state index < -0.39 is 0 Å². The smallest absolute Gasteiger partial charge is 0.134 e. The van der Waals surface area contributed by atoms with Crippen LogP contribution in [0.4, 0.5) is 11.6 Å². The molecule has 0 aliphatic carbocycles. The number of anilines is 2. The molecule has 1 aromatic heterocycles. The van der Waals surface area contributed by atoms with Crippen LogP contribution >= 0.6 is 0 Å². The standard InChI is InChI=1S/C19H29N5/c1-15(2)24(14-17-9-7-6-8-10-17)19-13-18(21-16(3)22-19)20-11-12-23(4)5/h6-10,13,15H,11-12,14H2,1-5H3,(H,20,21,22). The number of hydrogen-bond acceptors (Lipinski definition) is 5. The number of likely N-dealkylation sites (N-methyl/N-ethyl adjacent to an activating group) is 1. The highest BCUT2D eigenvalue weighted by atomic mass is 15.2. The van der Waals surface area contributed by atoms with Crippen molar-refractivity contribution in [3.63, 3.8) is 0 Å². The second-order valence-corrected chi connectivity index (χ2v) is 6.60. The number of hydrogen-bond donors (Lipinski definition) is 1. The quantitative estimate of drug-likeness (QED) is 0.807. The lowest BCUT2D eigenvalue weighted by atomic mass is 10.2. The Balaban J connectivity index is 2.18. The van der Waals surface area contributed by atoms with Crippen molar-refractivity contribution in [3.8, 4) is 0 Å². The van der Waals surface area contributed by atoms with Gasteiger partial charge >= 0.3 is 0 Å². The predicted molar refractivity (Wildman–Crippen MR) is 102 cm³/mol. The summed E-state index contributed by atoms with van der Waals surface area (Å²) in [6.07, 6.45) is 0. The van der Waals surface area contributed by atoms with Gasteiger partial charge in [-0.3, -0.25) is 0 Å². The zero-order chi connectivity index (χ0) is 17.5. The van der Waals surface area contributed by atoms with Gasteiger partial charge in [-0.2, -0.15) is 0 Å². The van der Waals surface area contributed by atoms with Crippen LogP contribution in [0.5, 0.6) is 0 Å². The minimum atomic E-state index is 0.356. The summed E-state index contributed by atoms with van der Waals surface area (Å²) in [4.78, 5) is 13.6. The van der Waals surface area contributed by atoms with Crippen LogP contribution in [-0.4, -0.2) is 48.1 Å². The number of nitrogens with one attached hydrogen (secondary N) is 1. The van der Waals surface area contributed by atoms with Gasteiger partial charge in [-0.25, -0.2) is 9.97 Å². The van der Waals surface area contributed by atoms with Gasteiger partial charge in [0, 0.05) is 31.7 Å². The second-order valence-electron chi connectivity index (χ2n) is 6.60. The number of benzene rings is 1. The van der Waals surface area contributed by atoms with Crippen LogP contribution in [0, 0.1) is 6.92 Å². The lowest BCUT2D eigenvalue weighted by Crippen LogP contribution is -2.31. The van der Waals surface area contributed by atoms with Crippen molar-refractivity contribution >= 4 is 11.6 Å². The molecule has 5 nitrogen and oxygen atoms in total. The Morgan fingerprint density at radius 2 is 1.79 bits per heavy atom. The summed E-state index contributed by atoms with van der Waals surface area (Å²) in [7, 11) is 4.14. The van der Waals surface area contributed by atoms with Gasteiger partial charge in [0.25, 0.3) is 0 Å². The summed E-state index contributed by atoms with van der Waals surface area (Å²) in [6.45, 7) is 9.01. The molecule has 0 aliphatic heterocycles. The van der Waals surface area contributed by atoms with Crippen LogP contribution in [0.2, 0.25) is 0 Å². The van der Waals surface area contributed by atoms with Gasteiger partial charge < -0.3 is 15.1 Å². The van der Waals surface area contributed by atoms with E-state index in [9.17, 15) is 0 Å². The number of nitrogens with zero attached hydrogens (tertiary/aromatic N) is 4. The molecular formula is C19H29N5. The van der Waals surface area contributed by atoms with Crippen LogP contribution in [0.3, 0.4) is 0 Å². The molecule has 0 aliphatic rings. The molecule has 0 radical (unpaired) electrons. The molecule has 0 amide bonds. The maximum absolute atomic E-state index is 4.66. The van der Waals surface area contributed by atoms with E-state index >= 15 is 0 Å². The van der Waals surface area contributed by atoms with Crippen molar-refractivity contribution in [2.75, 3.05) is 37.4 Å². The fraction of sp³-hybridized carbons (Fsp3) is 0.474. The number of rotatable bonds is 8. The summed E-state index contributed by atoms with van der Waals surface area (Å²) in [5.41, 5.74) is 1.28. The van der Waals surface area contributed by atoms with E-state index in [1.54, 1.807) is 0 Å². The fourth-order valence-corrected chi connectivity index (χ4v) is 2.51. The number of aryl methyl sites for hydroxylation is 1. The largest absolute Gasteiger partial charge is 0.369 e. The highest BCUT2D eigenvalue weighted by Gasteiger charge is 2.14. The van der Waals surface area contributed by atoms with Crippen molar-refractivity contribution < 1.29 is 0 Å². The van der Waals surface area contributed by atoms with E-state index in [1.165, 1.54) is 5.56 Å². The maximum Gasteiger partial charge on any atom is 0.134 e. The molecule has 0 atom stereocenters. The third-order valence-electron chi connectivity index (χ3n) is 3.80. The molecule has 1 heterocycles. The summed E-state index contributed by atoms with van der Waals surface area (Å²) in [6, 6.07) is 12.9. The third-order valence-corrected chi connectivity index (χ3v) is 3.80. The Morgan fingerprint density at radius 3 is 2.42 bits per heavy atom. The second kappa shape index (κ2) is 8.64. The fourth-order valence-electron chi connectivity index (χ4n) is 2.51. The Bertz CT molecular complexity index is 625. The zero-order valence-corrected chi connectivity index (χ0v) is 15.5. The summed E-state index contributed by atoms with van der Waals surface area (Å²) >= 11 is 0. The van der Waals surface area contributed by atoms with Gasteiger partial charge in [0.2, 0.25) is 0 Å². The molecule has 130 valence electrons. The van der Waals surface area contributed by atoms with Crippen LogP contribution in [0.1, 0.15) is 25.2 Å². The van der Waals surface area contributed by atoms with Gasteiger partial charge in [0.05, 0.1) is 0 Å². The van der Waals surface area contributed by atoms with E-state index in [2.05, 4.69) is 77.3 Å². The maximum atomic E-state index is 4.66. The van der Waals surface area contributed by atoms with Gasteiger partial charge in [-0.1, -0.05) is 30.3 Å². The molecule has 2 aromatic rings. The Hall–Kier alpha value is -2.14. The number of aromatic nitrogens is 2. The van der Waals surface area contributed by atoms with Crippen LogP contribution < -0.4 is 10.2 Å². The third kappa shape index (κ3) is 5.49. The average molecular weight is 327 g/mol. The SMILES string of the molecule is Cc1nc(NCCN(C)C)cc(N(Cc2ccccc2)C(C)C)n1. The highest BCUT2D eigenvalue weighted by Crippen LogP contribution is 2.21. The molecule has 1 N–H and O–H groups in total. The predicted octanol–water partition coefficient (Wildman–Crippen LogP) is 3.17. The molecule has 0 spiro atoms. The topological polar surface area (TPSA) is 44.3 Å². The molecular weight excluding hydrogens is 298 g/mol. The van der Waals surface area contributed by atoms with Gasteiger partial charge in [0.1, 0.15) is 17.5 Å². The van der Waals surface area contributed by atoms with Crippen molar-refractivity contribution in [1.29, 1.82) is 0 Å². The first-order chi connectivity index (χ1) is 11.5. The summed E-state index contributed by atoms with van der Waals surface area (Å²) in [5, 5.41) is 3.40. The van der Waals surface area contributed by atoms with Crippen LogP contribution in [0.15, 0.2) is 36.4 Å². The van der Waals surface area contributed by atoms with E-state index in [0.717, 1.165) is 37.1 Å². The minimum absolute atomic E-state index is 0.356. The Labute approximate surface area is 145 Å². The van der Waals surface area contributed by atoms with Gasteiger partial charge in [-0.05, 0) is 40.4 Å². The van der Waals surface area contributed by atoms with Gasteiger partial charge in [0.15, 0.2) is 0 Å². The van der Waals surface area contributed by atoms with Gasteiger partial charge in [-0.15, -0.1) is 0 Å². The lowest BCUT2D eigenvalue weighted by Gasteiger charge is -2.28. The normalized spacial score (nSPS) is 11.1. The molecule has 0 fully saturated rings. The Morgan fingerprint density at radius 1 is 1.08 bits per heavy atom.